The van der Waals surface area contributed by atoms with Gasteiger partial charge in [0.25, 0.3) is 0 Å². The Labute approximate surface area is 130 Å². The molecule has 1 heterocycles. The van der Waals surface area contributed by atoms with Gasteiger partial charge in [-0.1, -0.05) is 41.2 Å². The smallest absolute Gasteiger partial charge is 0.262 e. The number of nitro groups is 1. The average molecular weight is 313 g/mol. The Hall–Kier alpha value is -2.74. The van der Waals surface area contributed by atoms with Crippen LogP contribution in [0, 0.1) is 10.1 Å². The fourth-order valence-electron chi connectivity index (χ4n) is 1.91. The zero-order chi connectivity index (χ0) is 15.4. The molecule has 3 rings (SSSR count). The van der Waals surface area contributed by atoms with Crippen molar-refractivity contribution >= 4 is 11.8 Å². The Kier molecular flexibility index (Phi) is 4.10. The number of tetrazole rings is 1. The summed E-state index contributed by atoms with van der Waals surface area (Å²) in [7, 11) is 0. The van der Waals surface area contributed by atoms with Gasteiger partial charge < -0.3 is 0 Å². The van der Waals surface area contributed by atoms with Crippen molar-refractivity contribution in [2.75, 3.05) is 0 Å². The second-order valence-electron chi connectivity index (χ2n) is 4.38. The third-order valence-corrected chi connectivity index (χ3v) is 3.73. The molecule has 1 atom stereocenters. The van der Waals surface area contributed by atoms with Crippen molar-refractivity contribution in [3.05, 3.63) is 76.3 Å². The molecule has 0 fully saturated rings. The van der Waals surface area contributed by atoms with E-state index in [2.05, 4.69) is 15.4 Å². The van der Waals surface area contributed by atoms with Crippen molar-refractivity contribution in [1.29, 1.82) is 0 Å². The first kappa shape index (κ1) is 14.2. The van der Waals surface area contributed by atoms with Crippen molar-refractivity contribution in [2.24, 2.45) is 0 Å². The standard InChI is InChI=1S/C14H11N5O2S/c20-19(21)13(11-7-3-1-4-8-11)18-16-14(15-17-18)22-12-9-5-2-6-10-12/h1-10,13H. The predicted molar refractivity (Wildman–Crippen MR) is 80.0 cm³/mol. The van der Waals surface area contributed by atoms with Gasteiger partial charge in [0, 0.05) is 4.90 Å². The summed E-state index contributed by atoms with van der Waals surface area (Å²) in [6, 6.07) is 18.1. The molecule has 3 aromatic rings. The summed E-state index contributed by atoms with van der Waals surface area (Å²) in [5.41, 5.74) is 0.501. The van der Waals surface area contributed by atoms with Crippen LogP contribution >= 0.6 is 11.8 Å². The number of nitrogens with zero attached hydrogens (tertiary/aromatic N) is 5. The molecule has 1 unspecified atom stereocenters. The van der Waals surface area contributed by atoms with Gasteiger partial charge in [0.05, 0.1) is 10.5 Å². The lowest BCUT2D eigenvalue weighted by Crippen LogP contribution is -2.22. The van der Waals surface area contributed by atoms with Crippen LogP contribution in [0.1, 0.15) is 11.7 Å². The highest BCUT2D eigenvalue weighted by molar-refractivity contribution is 7.99. The molecule has 0 N–H and O–H groups in total. The van der Waals surface area contributed by atoms with Crippen LogP contribution in [0.5, 0.6) is 0 Å². The molecule has 0 aliphatic carbocycles. The first-order chi connectivity index (χ1) is 10.7. The SMILES string of the molecule is O=[N+]([O-])C(c1ccccc1)n1nnc(Sc2ccccc2)n1. The van der Waals surface area contributed by atoms with Gasteiger partial charge in [-0.25, -0.2) is 0 Å². The van der Waals surface area contributed by atoms with Crippen LogP contribution in [0.25, 0.3) is 0 Å². The maximum absolute atomic E-state index is 11.3. The first-order valence-electron chi connectivity index (χ1n) is 6.45. The minimum atomic E-state index is -1.18. The highest BCUT2D eigenvalue weighted by Gasteiger charge is 2.27. The van der Waals surface area contributed by atoms with E-state index < -0.39 is 11.1 Å². The normalized spacial score (nSPS) is 12.0. The molecule has 2 aromatic carbocycles. The van der Waals surface area contributed by atoms with Gasteiger partial charge in [-0.05, 0) is 41.2 Å². The van der Waals surface area contributed by atoms with E-state index in [-0.39, 0.29) is 0 Å². The predicted octanol–water partition coefficient (Wildman–Crippen LogP) is 2.65. The molecule has 0 aliphatic rings. The van der Waals surface area contributed by atoms with Crippen LogP contribution in [0.3, 0.4) is 0 Å². The van der Waals surface area contributed by atoms with Gasteiger partial charge in [0.2, 0.25) is 5.16 Å². The molecular weight excluding hydrogens is 302 g/mol. The van der Waals surface area contributed by atoms with Crippen molar-refractivity contribution in [2.45, 2.75) is 16.2 Å². The molecule has 0 amide bonds. The van der Waals surface area contributed by atoms with Crippen LogP contribution in [0.4, 0.5) is 0 Å². The Bertz CT molecular complexity index is 763. The van der Waals surface area contributed by atoms with E-state index in [1.807, 2.05) is 30.3 Å². The topological polar surface area (TPSA) is 86.7 Å². The van der Waals surface area contributed by atoms with Gasteiger partial charge in [-0.15, -0.1) is 10.2 Å². The Morgan fingerprint density at radius 3 is 2.32 bits per heavy atom. The van der Waals surface area contributed by atoms with E-state index in [0.717, 1.165) is 9.69 Å². The summed E-state index contributed by atoms with van der Waals surface area (Å²) in [6.45, 7) is 0. The van der Waals surface area contributed by atoms with E-state index in [1.165, 1.54) is 11.8 Å². The van der Waals surface area contributed by atoms with Crippen LogP contribution in [-0.4, -0.2) is 25.1 Å². The molecule has 8 heteroatoms. The lowest BCUT2D eigenvalue weighted by molar-refractivity contribution is -0.539. The molecular formula is C14H11N5O2S. The number of hydrogen-bond acceptors (Lipinski definition) is 6. The van der Waals surface area contributed by atoms with E-state index in [0.29, 0.717) is 10.7 Å². The molecule has 1 aromatic heterocycles. The number of hydrogen-bond donors (Lipinski definition) is 0. The Morgan fingerprint density at radius 2 is 1.68 bits per heavy atom. The minimum Gasteiger partial charge on any atom is -0.262 e. The second-order valence-corrected chi connectivity index (χ2v) is 5.42. The maximum atomic E-state index is 11.3. The van der Waals surface area contributed by atoms with E-state index >= 15 is 0 Å². The van der Waals surface area contributed by atoms with Gasteiger partial charge in [0.1, 0.15) is 0 Å². The van der Waals surface area contributed by atoms with Crippen molar-refractivity contribution in [3.8, 4) is 0 Å². The number of benzene rings is 2. The minimum absolute atomic E-state index is 0.369. The zero-order valence-corrected chi connectivity index (χ0v) is 12.1. The first-order valence-corrected chi connectivity index (χ1v) is 7.26. The third-order valence-electron chi connectivity index (χ3n) is 2.88. The summed E-state index contributed by atoms with van der Waals surface area (Å²) in [6.07, 6.45) is -1.18. The molecule has 22 heavy (non-hydrogen) atoms. The molecule has 0 bridgehead atoms. The van der Waals surface area contributed by atoms with Gasteiger partial charge in [-0.2, -0.15) is 0 Å². The maximum Gasteiger partial charge on any atom is 0.348 e. The van der Waals surface area contributed by atoms with Crippen LogP contribution in [0.2, 0.25) is 0 Å². The fourth-order valence-corrected chi connectivity index (χ4v) is 2.62. The summed E-state index contributed by atoms with van der Waals surface area (Å²) < 4.78 is 0. The van der Waals surface area contributed by atoms with Crippen molar-refractivity contribution in [1.82, 2.24) is 20.2 Å². The average Bonchev–Trinajstić information content (AvgIpc) is 2.97. The lowest BCUT2D eigenvalue weighted by Gasteiger charge is -2.07. The highest BCUT2D eigenvalue weighted by Crippen LogP contribution is 2.24. The van der Waals surface area contributed by atoms with E-state index in [4.69, 9.17) is 0 Å². The van der Waals surface area contributed by atoms with Crippen molar-refractivity contribution < 1.29 is 4.92 Å². The Balaban J connectivity index is 1.86. The third kappa shape index (κ3) is 3.12. The van der Waals surface area contributed by atoms with Crippen LogP contribution in [-0.2, 0) is 0 Å². The summed E-state index contributed by atoms with van der Waals surface area (Å²) in [4.78, 5) is 12.9. The zero-order valence-electron chi connectivity index (χ0n) is 11.3. The molecule has 110 valence electrons. The van der Waals surface area contributed by atoms with Crippen LogP contribution in [0.15, 0.2) is 70.7 Å². The largest absolute Gasteiger partial charge is 0.348 e. The molecule has 7 nitrogen and oxygen atoms in total. The molecule has 0 saturated heterocycles. The molecule has 0 spiro atoms. The van der Waals surface area contributed by atoms with Crippen LogP contribution < -0.4 is 0 Å². The number of rotatable bonds is 5. The molecule has 0 saturated carbocycles. The second kappa shape index (κ2) is 6.35. The summed E-state index contributed by atoms with van der Waals surface area (Å²) in [5, 5.41) is 23.5. The van der Waals surface area contributed by atoms with E-state index in [9.17, 15) is 10.1 Å². The number of aromatic nitrogens is 4. The van der Waals surface area contributed by atoms with Gasteiger partial charge in [0.15, 0.2) is 0 Å². The highest BCUT2D eigenvalue weighted by atomic mass is 32.2. The quantitative estimate of drug-likeness (QED) is 0.531. The Morgan fingerprint density at radius 1 is 1.05 bits per heavy atom. The van der Waals surface area contributed by atoms with Crippen molar-refractivity contribution in [3.63, 3.8) is 0 Å². The summed E-state index contributed by atoms with van der Waals surface area (Å²) >= 11 is 1.30. The summed E-state index contributed by atoms with van der Waals surface area (Å²) in [5.74, 6) is 0. The van der Waals surface area contributed by atoms with E-state index in [1.54, 1.807) is 30.3 Å². The van der Waals surface area contributed by atoms with Gasteiger partial charge >= 0.3 is 6.17 Å². The monoisotopic (exact) mass is 313 g/mol. The fraction of sp³-hybridized carbons (Fsp3) is 0.0714. The van der Waals surface area contributed by atoms with Gasteiger partial charge in [-0.3, -0.25) is 10.1 Å². The molecule has 0 aliphatic heterocycles. The molecule has 0 radical (unpaired) electrons. The lowest BCUT2D eigenvalue weighted by atomic mass is 10.2.